The molecule has 2 unspecified atom stereocenters. The molecule has 1 rings (SSSR count). The van der Waals surface area contributed by atoms with E-state index in [0.717, 1.165) is 19.4 Å². The Morgan fingerprint density at radius 1 is 1.47 bits per heavy atom. The molecule has 0 amide bonds. The molecule has 0 spiro atoms. The van der Waals surface area contributed by atoms with Gasteiger partial charge in [0.25, 0.3) is 0 Å². The molecule has 1 heterocycles. The maximum Gasteiger partial charge on any atom is 0.323 e. The second-order valence-corrected chi connectivity index (χ2v) is 4.39. The van der Waals surface area contributed by atoms with E-state index in [4.69, 9.17) is 9.47 Å². The number of carbonyl (C=O) groups excluding carboxylic acids is 1. The summed E-state index contributed by atoms with van der Waals surface area (Å²) >= 11 is 0. The Morgan fingerprint density at radius 3 is 2.88 bits per heavy atom. The molecule has 0 aromatic carbocycles. The average molecular weight is 245 g/mol. The fraction of sp³-hybridized carbons (Fsp3) is 0.917. The van der Waals surface area contributed by atoms with Gasteiger partial charge in [0.15, 0.2) is 0 Å². The number of hydrogen-bond donors (Lipinski definition) is 1. The fourth-order valence-corrected chi connectivity index (χ4v) is 2.04. The molecule has 0 saturated carbocycles. The quantitative estimate of drug-likeness (QED) is 0.520. The van der Waals surface area contributed by atoms with Crippen LogP contribution in [0.1, 0.15) is 26.2 Å². The van der Waals surface area contributed by atoms with Crippen molar-refractivity contribution in [3.63, 3.8) is 0 Å². The van der Waals surface area contributed by atoms with Crippen LogP contribution in [0, 0.1) is 0 Å². The van der Waals surface area contributed by atoms with E-state index in [9.17, 15) is 9.90 Å². The van der Waals surface area contributed by atoms with Crippen molar-refractivity contribution in [3.05, 3.63) is 0 Å². The topological polar surface area (TPSA) is 59.0 Å². The van der Waals surface area contributed by atoms with Gasteiger partial charge in [-0.1, -0.05) is 13.3 Å². The molecule has 100 valence electrons. The highest BCUT2D eigenvalue weighted by Gasteiger charge is 2.36. The Balaban J connectivity index is 2.27. The third-order valence-electron chi connectivity index (χ3n) is 3.02. The van der Waals surface area contributed by atoms with Gasteiger partial charge >= 0.3 is 5.97 Å². The monoisotopic (exact) mass is 245 g/mol. The molecule has 0 aromatic heterocycles. The number of aliphatic hydroxyl groups is 1. The number of aliphatic hydroxyl groups excluding tert-OH is 1. The van der Waals surface area contributed by atoms with Crippen LogP contribution in [0.15, 0.2) is 0 Å². The zero-order valence-corrected chi connectivity index (χ0v) is 10.7. The summed E-state index contributed by atoms with van der Waals surface area (Å²) in [5.74, 6) is -0.268. The maximum absolute atomic E-state index is 11.5. The number of β-amino-alcohol motifs (C(OH)–C–C–N with tert-alkyl or cyclic N) is 1. The lowest BCUT2D eigenvalue weighted by molar-refractivity contribution is -0.146. The lowest BCUT2D eigenvalue weighted by Gasteiger charge is -2.21. The normalized spacial score (nSPS) is 25.1. The number of carbonyl (C=O) groups is 1. The molecule has 1 fully saturated rings. The van der Waals surface area contributed by atoms with E-state index >= 15 is 0 Å². The van der Waals surface area contributed by atoms with Gasteiger partial charge in [0.2, 0.25) is 0 Å². The molecule has 5 nitrogen and oxygen atoms in total. The number of esters is 1. The van der Waals surface area contributed by atoms with E-state index in [-0.39, 0.29) is 12.0 Å². The molecular weight excluding hydrogens is 222 g/mol. The summed E-state index contributed by atoms with van der Waals surface area (Å²) in [6.07, 6.45) is 2.20. The Morgan fingerprint density at radius 2 is 2.24 bits per heavy atom. The minimum Gasteiger partial charge on any atom is -0.468 e. The molecule has 17 heavy (non-hydrogen) atoms. The molecule has 0 radical (unpaired) electrons. The van der Waals surface area contributed by atoms with Crippen molar-refractivity contribution in [3.8, 4) is 0 Å². The molecule has 1 aliphatic heterocycles. The first-order valence-corrected chi connectivity index (χ1v) is 6.26. The molecule has 0 bridgehead atoms. The second-order valence-electron chi connectivity index (χ2n) is 4.39. The van der Waals surface area contributed by atoms with Crippen molar-refractivity contribution < 1.29 is 19.4 Å². The first-order valence-electron chi connectivity index (χ1n) is 6.26. The van der Waals surface area contributed by atoms with E-state index < -0.39 is 6.10 Å². The van der Waals surface area contributed by atoms with Crippen LogP contribution in [-0.2, 0) is 14.3 Å². The Kier molecular flexibility index (Phi) is 6.47. The van der Waals surface area contributed by atoms with Crippen LogP contribution in [0.3, 0.4) is 0 Å². The number of likely N-dealkylation sites (tertiary alicyclic amines) is 1. The van der Waals surface area contributed by atoms with E-state index in [1.54, 1.807) is 0 Å². The molecule has 1 N–H and O–H groups in total. The van der Waals surface area contributed by atoms with E-state index in [1.807, 2.05) is 4.90 Å². The van der Waals surface area contributed by atoms with Crippen LogP contribution in [0.5, 0.6) is 0 Å². The van der Waals surface area contributed by atoms with E-state index in [1.165, 1.54) is 7.11 Å². The minimum atomic E-state index is -0.435. The van der Waals surface area contributed by atoms with Crippen molar-refractivity contribution in [2.75, 3.05) is 33.4 Å². The summed E-state index contributed by atoms with van der Waals surface area (Å²) in [4.78, 5) is 13.4. The smallest absolute Gasteiger partial charge is 0.323 e. The van der Waals surface area contributed by atoms with Crippen molar-refractivity contribution in [2.45, 2.75) is 38.3 Å². The lowest BCUT2D eigenvalue weighted by atomic mass is 10.2. The van der Waals surface area contributed by atoms with Gasteiger partial charge in [0.05, 0.1) is 19.8 Å². The van der Waals surface area contributed by atoms with Crippen molar-refractivity contribution in [2.24, 2.45) is 0 Å². The van der Waals surface area contributed by atoms with Crippen molar-refractivity contribution in [1.82, 2.24) is 4.90 Å². The first kappa shape index (κ1) is 14.4. The highest BCUT2D eigenvalue weighted by Crippen LogP contribution is 2.18. The largest absolute Gasteiger partial charge is 0.468 e. The number of nitrogens with zero attached hydrogens (tertiary/aromatic N) is 1. The highest BCUT2D eigenvalue weighted by molar-refractivity contribution is 5.76. The van der Waals surface area contributed by atoms with Crippen LogP contribution in [0.2, 0.25) is 0 Å². The van der Waals surface area contributed by atoms with Crippen molar-refractivity contribution in [1.29, 1.82) is 0 Å². The summed E-state index contributed by atoms with van der Waals surface area (Å²) in [5.41, 5.74) is 0. The molecule has 1 aliphatic rings. The lowest BCUT2D eigenvalue weighted by Crippen LogP contribution is -2.38. The van der Waals surface area contributed by atoms with Crippen LogP contribution in [0.4, 0.5) is 0 Å². The summed E-state index contributed by atoms with van der Waals surface area (Å²) in [6, 6.07) is -0.315. The molecule has 1 saturated heterocycles. The minimum absolute atomic E-state index is 0.268. The number of methoxy groups -OCH3 is 1. The van der Waals surface area contributed by atoms with Gasteiger partial charge in [-0.3, -0.25) is 9.69 Å². The molecule has 5 heteroatoms. The summed E-state index contributed by atoms with van der Waals surface area (Å²) in [7, 11) is 1.38. The third-order valence-corrected chi connectivity index (χ3v) is 3.02. The van der Waals surface area contributed by atoms with Gasteiger partial charge in [-0.05, 0) is 6.42 Å². The SMILES string of the molecule is CCCCOCCN1CC(O)CC1C(=O)OC. The number of unbranched alkanes of at least 4 members (excludes halogenated alkanes) is 1. The molecule has 0 aromatic rings. The summed E-state index contributed by atoms with van der Waals surface area (Å²) < 4.78 is 10.2. The summed E-state index contributed by atoms with van der Waals surface area (Å²) in [5, 5.41) is 9.56. The fourth-order valence-electron chi connectivity index (χ4n) is 2.04. The maximum atomic E-state index is 11.5. The zero-order valence-electron chi connectivity index (χ0n) is 10.7. The van der Waals surface area contributed by atoms with Gasteiger partial charge < -0.3 is 14.6 Å². The number of rotatable bonds is 7. The molecule has 2 atom stereocenters. The second kappa shape index (κ2) is 7.63. The van der Waals surface area contributed by atoms with Crippen LogP contribution in [-0.4, -0.2) is 61.5 Å². The van der Waals surface area contributed by atoms with Crippen molar-refractivity contribution >= 4 is 5.97 Å². The molecular formula is C12H23NO4. The first-order chi connectivity index (χ1) is 8.19. The van der Waals surface area contributed by atoms with Gasteiger partial charge in [0, 0.05) is 26.1 Å². The highest BCUT2D eigenvalue weighted by atomic mass is 16.5. The predicted molar refractivity (Wildman–Crippen MR) is 63.7 cm³/mol. The Hall–Kier alpha value is -0.650. The number of hydrogen-bond acceptors (Lipinski definition) is 5. The Labute approximate surface area is 103 Å². The standard InChI is InChI=1S/C12H23NO4/c1-3-4-6-17-7-5-13-9-10(14)8-11(13)12(15)16-2/h10-11,14H,3-9H2,1-2H3. The average Bonchev–Trinajstić information content (AvgIpc) is 2.69. The van der Waals surface area contributed by atoms with Gasteiger partial charge in [-0.2, -0.15) is 0 Å². The summed E-state index contributed by atoms with van der Waals surface area (Å²) in [6.45, 7) is 4.67. The van der Waals surface area contributed by atoms with Gasteiger partial charge in [-0.25, -0.2) is 0 Å². The van der Waals surface area contributed by atoms with Crippen LogP contribution in [0.25, 0.3) is 0 Å². The third kappa shape index (κ3) is 4.61. The van der Waals surface area contributed by atoms with Crippen LogP contribution < -0.4 is 0 Å². The molecule has 0 aliphatic carbocycles. The van der Waals surface area contributed by atoms with Crippen LogP contribution >= 0.6 is 0 Å². The predicted octanol–water partition coefficient (Wildman–Crippen LogP) is 0.411. The number of ether oxygens (including phenoxy) is 2. The van der Waals surface area contributed by atoms with Gasteiger partial charge in [0.1, 0.15) is 6.04 Å². The Bertz CT molecular complexity index is 235. The van der Waals surface area contributed by atoms with Gasteiger partial charge in [-0.15, -0.1) is 0 Å². The van der Waals surface area contributed by atoms with E-state index in [0.29, 0.717) is 26.1 Å². The van der Waals surface area contributed by atoms with E-state index in [2.05, 4.69) is 6.92 Å². The zero-order chi connectivity index (χ0) is 12.7.